The topological polar surface area (TPSA) is 24.9 Å². The molecule has 4 heteroatoms. The van der Waals surface area contributed by atoms with Gasteiger partial charge in [0.25, 0.3) is 0 Å². The van der Waals surface area contributed by atoms with Gasteiger partial charge in [0.2, 0.25) is 0 Å². The molecule has 0 radical (unpaired) electrons. The number of fused-ring (bicyclic) bond motifs is 1. The molecule has 0 bridgehead atoms. The summed E-state index contributed by atoms with van der Waals surface area (Å²) in [5.41, 5.74) is 0. The second-order valence-corrected chi connectivity index (χ2v) is 3.57. The van der Waals surface area contributed by atoms with Crippen molar-refractivity contribution in [1.29, 1.82) is 0 Å². The van der Waals surface area contributed by atoms with Crippen molar-refractivity contribution in [3.8, 4) is 0 Å². The zero-order valence-corrected chi connectivity index (χ0v) is 6.39. The lowest BCUT2D eigenvalue weighted by molar-refractivity contribution is 1.15. The molecule has 1 aromatic heterocycles. The van der Waals surface area contributed by atoms with Crippen LogP contribution < -0.4 is 5.32 Å². The molecule has 48 valence electrons. The molecule has 0 aliphatic carbocycles. The average Bonchev–Trinajstić information content (AvgIpc) is 2.33. The monoisotopic (exact) mass is 158 g/mol. The maximum atomic E-state index is 4.17. The van der Waals surface area contributed by atoms with Gasteiger partial charge in [-0.2, -0.15) is 4.37 Å². The Morgan fingerprint density at radius 1 is 1.67 bits per heavy atom. The van der Waals surface area contributed by atoms with E-state index in [1.165, 1.54) is 22.2 Å². The smallest absolute Gasteiger partial charge is 0.153 e. The van der Waals surface area contributed by atoms with E-state index in [1.807, 2.05) is 11.8 Å². The number of rotatable bonds is 0. The number of aromatic nitrogens is 1. The summed E-state index contributed by atoms with van der Waals surface area (Å²) < 4.78 is 4.17. The minimum atomic E-state index is 1.06. The van der Waals surface area contributed by atoms with Crippen LogP contribution in [0, 0.1) is 0 Å². The van der Waals surface area contributed by atoms with Crippen molar-refractivity contribution in [2.24, 2.45) is 0 Å². The van der Waals surface area contributed by atoms with Gasteiger partial charge < -0.3 is 5.32 Å². The zero-order chi connectivity index (χ0) is 6.10. The van der Waals surface area contributed by atoms with E-state index in [2.05, 4.69) is 15.1 Å². The van der Waals surface area contributed by atoms with Crippen LogP contribution in [0.5, 0.6) is 0 Å². The number of anilines is 1. The summed E-state index contributed by atoms with van der Waals surface area (Å²) in [6, 6.07) is 0. The maximum Gasteiger partial charge on any atom is 0.153 e. The van der Waals surface area contributed by atoms with Crippen LogP contribution in [0.2, 0.25) is 0 Å². The molecule has 9 heavy (non-hydrogen) atoms. The lowest BCUT2D eigenvalue weighted by Gasteiger charge is -2.10. The van der Waals surface area contributed by atoms with Gasteiger partial charge in [0.05, 0.1) is 4.90 Å². The van der Waals surface area contributed by atoms with E-state index in [0.717, 1.165) is 12.4 Å². The molecule has 0 saturated carbocycles. The van der Waals surface area contributed by atoms with Gasteiger partial charge in [-0.25, -0.2) is 0 Å². The third kappa shape index (κ3) is 0.923. The molecule has 0 fully saturated rings. The second kappa shape index (κ2) is 2.19. The first kappa shape index (κ1) is 5.56. The fourth-order valence-electron chi connectivity index (χ4n) is 0.780. The third-order valence-corrected chi connectivity index (χ3v) is 3.00. The van der Waals surface area contributed by atoms with Gasteiger partial charge in [-0.15, -0.1) is 11.8 Å². The number of hydrogen-bond donors (Lipinski definition) is 1. The van der Waals surface area contributed by atoms with Gasteiger partial charge >= 0.3 is 0 Å². The first-order valence-corrected chi connectivity index (χ1v) is 4.60. The summed E-state index contributed by atoms with van der Waals surface area (Å²) in [5, 5.41) is 5.31. The summed E-state index contributed by atoms with van der Waals surface area (Å²) in [7, 11) is 0. The summed E-state index contributed by atoms with van der Waals surface area (Å²) in [6.45, 7) is 1.06. The fraction of sp³-hybridized carbons (Fsp3) is 0.400. The number of nitrogens with one attached hydrogen (secondary N) is 1. The van der Waals surface area contributed by atoms with Crippen LogP contribution in [0.25, 0.3) is 0 Å². The van der Waals surface area contributed by atoms with Gasteiger partial charge in [-0.3, -0.25) is 0 Å². The minimum absolute atomic E-state index is 1.06. The highest BCUT2D eigenvalue weighted by Crippen LogP contribution is 2.30. The molecule has 2 heterocycles. The van der Waals surface area contributed by atoms with Crippen molar-refractivity contribution < 1.29 is 0 Å². The van der Waals surface area contributed by atoms with Crippen LogP contribution in [0.3, 0.4) is 0 Å². The van der Waals surface area contributed by atoms with Gasteiger partial charge in [0.1, 0.15) is 0 Å². The summed E-state index contributed by atoms with van der Waals surface area (Å²) >= 11 is 3.40. The minimum Gasteiger partial charge on any atom is -0.367 e. The Kier molecular flexibility index (Phi) is 1.35. The van der Waals surface area contributed by atoms with Crippen molar-refractivity contribution >= 4 is 29.1 Å². The van der Waals surface area contributed by atoms with Crippen LogP contribution in [0.15, 0.2) is 10.3 Å². The van der Waals surface area contributed by atoms with E-state index in [4.69, 9.17) is 0 Å². The molecule has 1 aromatic rings. The van der Waals surface area contributed by atoms with Crippen LogP contribution >= 0.6 is 23.3 Å². The van der Waals surface area contributed by atoms with E-state index in [1.54, 1.807) is 0 Å². The zero-order valence-electron chi connectivity index (χ0n) is 4.76. The van der Waals surface area contributed by atoms with Gasteiger partial charge in [-0.05, 0) is 11.5 Å². The Labute approximate surface area is 61.8 Å². The van der Waals surface area contributed by atoms with E-state index in [9.17, 15) is 0 Å². The average molecular weight is 158 g/mol. The van der Waals surface area contributed by atoms with E-state index >= 15 is 0 Å². The second-order valence-electron chi connectivity index (χ2n) is 1.80. The molecule has 0 aromatic carbocycles. The Morgan fingerprint density at radius 2 is 2.67 bits per heavy atom. The number of nitrogens with zero attached hydrogens (tertiary/aromatic N) is 1. The summed E-state index contributed by atoms with van der Waals surface area (Å²) in [5.74, 6) is 2.25. The van der Waals surface area contributed by atoms with Crippen molar-refractivity contribution in [2.45, 2.75) is 4.90 Å². The van der Waals surface area contributed by atoms with Crippen molar-refractivity contribution in [3.63, 3.8) is 0 Å². The highest BCUT2D eigenvalue weighted by Gasteiger charge is 2.09. The van der Waals surface area contributed by atoms with E-state index in [-0.39, 0.29) is 0 Å². The molecule has 1 aliphatic rings. The van der Waals surface area contributed by atoms with Gasteiger partial charge in [-0.1, -0.05) is 0 Å². The quantitative estimate of drug-likeness (QED) is 0.621. The van der Waals surface area contributed by atoms with E-state index < -0.39 is 0 Å². The Balaban J connectivity index is 2.39. The molecule has 1 N–H and O–H groups in total. The third-order valence-electron chi connectivity index (χ3n) is 1.19. The first-order valence-electron chi connectivity index (χ1n) is 2.78. The molecular weight excluding hydrogens is 152 g/mol. The predicted octanol–water partition coefficient (Wildman–Crippen LogP) is 1.66. The van der Waals surface area contributed by atoms with Gasteiger partial charge in [0, 0.05) is 17.7 Å². The predicted molar refractivity (Wildman–Crippen MR) is 41.3 cm³/mol. The molecule has 0 amide bonds. The molecule has 0 spiro atoms. The molecule has 1 aliphatic heterocycles. The largest absolute Gasteiger partial charge is 0.367 e. The Hall–Kier alpha value is -0.220. The van der Waals surface area contributed by atoms with Crippen LogP contribution in [0.1, 0.15) is 0 Å². The maximum absolute atomic E-state index is 4.17. The van der Waals surface area contributed by atoms with Crippen molar-refractivity contribution in [3.05, 3.63) is 5.38 Å². The van der Waals surface area contributed by atoms with Crippen molar-refractivity contribution in [1.82, 2.24) is 4.37 Å². The molecule has 2 nitrogen and oxygen atoms in total. The molecule has 0 atom stereocenters. The lowest BCUT2D eigenvalue weighted by Crippen LogP contribution is -2.08. The van der Waals surface area contributed by atoms with Crippen LogP contribution in [-0.2, 0) is 0 Å². The highest BCUT2D eigenvalue weighted by molar-refractivity contribution is 7.99. The Bertz CT molecular complexity index is 188. The normalized spacial score (nSPS) is 16.4. The standard InChI is InChI=1S/C5H6N2S2/c1-2-8-4-3-9-7-5(4)6-1/h3H,1-2H2,(H,6,7). The molecule has 0 unspecified atom stereocenters. The molecular formula is C5H6N2S2. The number of thioether (sulfide) groups is 1. The number of hydrogen-bond acceptors (Lipinski definition) is 4. The van der Waals surface area contributed by atoms with Crippen LogP contribution in [0.4, 0.5) is 5.82 Å². The fourth-order valence-corrected chi connectivity index (χ4v) is 2.45. The molecule has 2 rings (SSSR count). The lowest BCUT2D eigenvalue weighted by atomic mass is 10.6. The van der Waals surface area contributed by atoms with Gasteiger partial charge in [0.15, 0.2) is 5.82 Å². The highest BCUT2D eigenvalue weighted by atomic mass is 32.2. The summed E-state index contributed by atoms with van der Waals surface area (Å²) in [6.07, 6.45) is 0. The van der Waals surface area contributed by atoms with E-state index in [0.29, 0.717) is 0 Å². The SMILES string of the molecule is c1snc2c1SCCN2. The summed E-state index contributed by atoms with van der Waals surface area (Å²) in [4.78, 5) is 1.31. The van der Waals surface area contributed by atoms with Crippen LogP contribution in [-0.4, -0.2) is 16.7 Å². The molecule has 0 saturated heterocycles. The van der Waals surface area contributed by atoms with Crippen molar-refractivity contribution in [2.75, 3.05) is 17.6 Å². The Morgan fingerprint density at radius 3 is 3.56 bits per heavy atom. The first-order chi connectivity index (χ1) is 4.47.